The average Bonchev–Trinajstić information content (AvgIpc) is 2.28. The van der Waals surface area contributed by atoms with E-state index in [1.165, 1.54) is 0 Å². The summed E-state index contributed by atoms with van der Waals surface area (Å²) in [5, 5.41) is 12.6. The highest BCUT2D eigenvalue weighted by molar-refractivity contribution is 6.37. The lowest BCUT2D eigenvalue weighted by Crippen LogP contribution is -2.46. The first-order valence-electron chi connectivity index (χ1n) is 5.42. The van der Waals surface area contributed by atoms with E-state index >= 15 is 0 Å². The van der Waals surface area contributed by atoms with Crippen molar-refractivity contribution in [3.63, 3.8) is 0 Å². The van der Waals surface area contributed by atoms with Gasteiger partial charge in [-0.1, -0.05) is 37.0 Å². The SMILES string of the molecule is CC1(C)COC(=O)N[C@@H]1c1cc(Cl)c(O)c(Cl)c1.Cl. The van der Waals surface area contributed by atoms with Gasteiger partial charge in [-0.2, -0.15) is 0 Å². The minimum atomic E-state index is -0.473. The van der Waals surface area contributed by atoms with Gasteiger partial charge in [-0.3, -0.25) is 0 Å². The van der Waals surface area contributed by atoms with Crippen molar-refractivity contribution >= 4 is 41.7 Å². The molecule has 4 nitrogen and oxygen atoms in total. The average molecular weight is 327 g/mol. The van der Waals surface area contributed by atoms with E-state index in [9.17, 15) is 9.90 Å². The third-order valence-corrected chi connectivity index (χ3v) is 3.57. The summed E-state index contributed by atoms with van der Waals surface area (Å²) in [6.45, 7) is 4.23. The number of rotatable bonds is 1. The molecule has 7 heteroatoms. The minimum Gasteiger partial charge on any atom is -0.505 e. The van der Waals surface area contributed by atoms with Gasteiger partial charge in [-0.25, -0.2) is 4.79 Å². The molecule has 0 unspecified atom stereocenters. The summed E-state index contributed by atoms with van der Waals surface area (Å²) in [5.41, 5.74) is 0.446. The molecule has 1 heterocycles. The van der Waals surface area contributed by atoms with Crippen molar-refractivity contribution in [1.29, 1.82) is 0 Å². The fraction of sp³-hybridized carbons (Fsp3) is 0.417. The first-order valence-corrected chi connectivity index (χ1v) is 6.18. The molecule has 0 aliphatic carbocycles. The van der Waals surface area contributed by atoms with Gasteiger partial charge in [0.2, 0.25) is 0 Å². The summed E-state index contributed by atoms with van der Waals surface area (Å²) in [4.78, 5) is 11.3. The largest absolute Gasteiger partial charge is 0.505 e. The first kappa shape index (κ1) is 16.2. The second-order valence-corrected chi connectivity index (χ2v) is 5.79. The Hall–Kier alpha value is -0.840. The van der Waals surface area contributed by atoms with Crippen molar-refractivity contribution in [1.82, 2.24) is 5.32 Å². The molecule has 0 spiro atoms. The number of halogens is 3. The van der Waals surface area contributed by atoms with Crippen LogP contribution in [0.1, 0.15) is 25.5 Å². The Bertz CT molecular complexity index is 482. The Morgan fingerprint density at radius 3 is 2.42 bits per heavy atom. The number of benzene rings is 1. The van der Waals surface area contributed by atoms with Crippen LogP contribution >= 0.6 is 35.6 Å². The lowest BCUT2D eigenvalue weighted by atomic mass is 9.80. The van der Waals surface area contributed by atoms with Gasteiger partial charge in [-0.15, -0.1) is 12.4 Å². The summed E-state index contributed by atoms with van der Waals surface area (Å²) in [7, 11) is 0. The van der Waals surface area contributed by atoms with Crippen molar-refractivity contribution < 1.29 is 14.6 Å². The molecule has 0 aromatic heterocycles. The van der Waals surface area contributed by atoms with E-state index in [1.54, 1.807) is 12.1 Å². The molecular formula is C12H14Cl3NO3. The molecule has 1 aromatic carbocycles. The van der Waals surface area contributed by atoms with E-state index in [-0.39, 0.29) is 39.7 Å². The fourth-order valence-corrected chi connectivity index (χ4v) is 2.48. The highest BCUT2D eigenvalue weighted by Crippen LogP contribution is 2.41. The standard InChI is InChI=1S/C12H13Cl2NO3.ClH/c1-12(2)5-18-11(17)15-10(12)6-3-7(13)9(16)8(14)4-6;/h3-4,10,16H,5H2,1-2H3,(H,15,17);1H/t10-;/m1./s1. The van der Waals surface area contributed by atoms with Gasteiger partial charge in [0.05, 0.1) is 16.1 Å². The number of nitrogens with one attached hydrogen (secondary N) is 1. The highest BCUT2D eigenvalue weighted by atomic mass is 35.5. The number of carbonyl (C=O) groups excluding carboxylic acids is 1. The maximum Gasteiger partial charge on any atom is 0.407 e. The van der Waals surface area contributed by atoms with Crippen LogP contribution in [0.25, 0.3) is 0 Å². The van der Waals surface area contributed by atoms with Crippen LogP contribution in [0.3, 0.4) is 0 Å². The fourth-order valence-electron chi connectivity index (χ4n) is 1.98. The molecule has 106 valence electrons. The van der Waals surface area contributed by atoms with Gasteiger partial charge in [0, 0.05) is 5.41 Å². The number of carbonyl (C=O) groups is 1. The second-order valence-electron chi connectivity index (χ2n) is 4.98. The van der Waals surface area contributed by atoms with E-state index in [4.69, 9.17) is 27.9 Å². The monoisotopic (exact) mass is 325 g/mol. The number of ether oxygens (including phenoxy) is 1. The molecule has 0 bridgehead atoms. The zero-order valence-corrected chi connectivity index (χ0v) is 12.7. The van der Waals surface area contributed by atoms with Crippen LogP contribution in [0.4, 0.5) is 4.79 Å². The summed E-state index contributed by atoms with van der Waals surface area (Å²) < 4.78 is 4.96. The van der Waals surface area contributed by atoms with Crippen molar-refractivity contribution in [2.75, 3.05) is 6.61 Å². The Morgan fingerprint density at radius 1 is 1.37 bits per heavy atom. The molecule has 2 N–H and O–H groups in total. The van der Waals surface area contributed by atoms with Gasteiger partial charge >= 0.3 is 6.09 Å². The van der Waals surface area contributed by atoms with Gasteiger partial charge < -0.3 is 15.2 Å². The zero-order chi connectivity index (χ0) is 13.5. The Balaban J connectivity index is 0.00000180. The molecule has 1 aliphatic heterocycles. The minimum absolute atomic E-state index is 0. The Labute approximate surface area is 127 Å². The van der Waals surface area contributed by atoms with E-state index in [0.717, 1.165) is 5.56 Å². The lowest BCUT2D eigenvalue weighted by molar-refractivity contribution is 0.0387. The normalized spacial score (nSPS) is 21.1. The smallest absolute Gasteiger partial charge is 0.407 e. The highest BCUT2D eigenvalue weighted by Gasteiger charge is 2.38. The quantitative estimate of drug-likeness (QED) is 0.822. The van der Waals surface area contributed by atoms with Crippen molar-refractivity contribution in [2.24, 2.45) is 5.41 Å². The van der Waals surface area contributed by atoms with Gasteiger partial charge in [0.1, 0.15) is 6.61 Å². The maximum atomic E-state index is 11.3. The number of phenolic OH excluding ortho intramolecular Hbond substituents is 1. The van der Waals surface area contributed by atoms with Crippen LogP contribution in [0, 0.1) is 5.41 Å². The molecule has 0 radical (unpaired) electrons. The maximum absolute atomic E-state index is 11.3. The van der Waals surface area contributed by atoms with Crippen LogP contribution in [0.15, 0.2) is 12.1 Å². The lowest BCUT2D eigenvalue weighted by Gasteiger charge is -2.38. The van der Waals surface area contributed by atoms with E-state index < -0.39 is 6.09 Å². The van der Waals surface area contributed by atoms with Gasteiger partial charge in [-0.05, 0) is 17.7 Å². The zero-order valence-electron chi connectivity index (χ0n) is 10.4. The predicted molar refractivity (Wildman–Crippen MR) is 76.4 cm³/mol. The summed E-state index contributed by atoms with van der Waals surface area (Å²) in [6, 6.07) is 2.93. The Morgan fingerprint density at radius 2 is 1.89 bits per heavy atom. The molecule has 1 atom stereocenters. The van der Waals surface area contributed by atoms with E-state index in [2.05, 4.69) is 5.32 Å². The summed E-state index contributed by atoms with van der Waals surface area (Å²) in [6.07, 6.45) is -0.473. The van der Waals surface area contributed by atoms with Crippen LogP contribution in [-0.2, 0) is 4.74 Å². The summed E-state index contributed by atoms with van der Waals surface area (Å²) in [5.74, 6) is -0.154. The molecule has 2 rings (SSSR count). The predicted octanol–water partition coefficient (Wildman–Crippen LogP) is 3.93. The Kier molecular flexibility index (Phi) is 4.82. The second kappa shape index (κ2) is 5.65. The van der Waals surface area contributed by atoms with Crippen LogP contribution in [0.2, 0.25) is 10.0 Å². The molecular weight excluding hydrogens is 312 g/mol. The van der Waals surface area contributed by atoms with Gasteiger partial charge in [0.15, 0.2) is 5.75 Å². The van der Waals surface area contributed by atoms with Gasteiger partial charge in [0.25, 0.3) is 0 Å². The van der Waals surface area contributed by atoms with Crippen molar-refractivity contribution in [3.05, 3.63) is 27.7 Å². The number of hydrogen-bond donors (Lipinski definition) is 2. The number of hydrogen-bond acceptors (Lipinski definition) is 3. The molecule has 1 fully saturated rings. The van der Waals surface area contributed by atoms with Crippen LogP contribution in [-0.4, -0.2) is 17.8 Å². The number of cyclic esters (lactones) is 1. The van der Waals surface area contributed by atoms with Crippen LogP contribution in [0.5, 0.6) is 5.75 Å². The van der Waals surface area contributed by atoms with E-state index in [1.807, 2.05) is 13.8 Å². The van der Waals surface area contributed by atoms with Crippen molar-refractivity contribution in [3.8, 4) is 5.75 Å². The molecule has 1 aliphatic rings. The molecule has 1 aromatic rings. The van der Waals surface area contributed by atoms with E-state index in [0.29, 0.717) is 6.61 Å². The summed E-state index contributed by atoms with van der Waals surface area (Å²) >= 11 is 11.8. The number of amides is 1. The number of alkyl carbamates (subject to hydrolysis) is 1. The third-order valence-electron chi connectivity index (χ3n) is 2.99. The number of phenols is 1. The molecule has 1 amide bonds. The molecule has 0 saturated carbocycles. The topological polar surface area (TPSA) is 58.6 Å². The van der Waals surface area contributed by atoms with Crippen LogP contribution < -0.4 is 5.32 Å². The van der Waals surface area contributed by atoms with Crippen molar-refractivity contribution in [2.45, 2.75) is 19.9 Å². The third kappa shape index (κ3) is 3.19. The molecule has 19 heavy (non-hydrogen) atoms. The first-order chi connectivity index (χ1) is 8.31. The number of aromatic hydroxyl groups is 1. The molecule has 1 saturated heterocycles.